The molecule has 2 fully saturated rings. The van der Waals surface area contributed by atoms with Gasteiger partial charge in [0, 0.05) is 60.3 Å². The van der Waals surface area contributed by atoms with Crippen molar-refractivity contribution < 1.29 is 23.4 Å². The molecule has 1 unspecified atom stereocenters. The summed E-state index contributed by atoms with van der Waals surface area (Å²) in [7, 11) is 1.84. The van der Waals surface area contributed by atoms with Crippen molar-refractivity contribution in [2.75, 3.05) is 31.6 Å². The van der Waals surface area contributed by atoms with Crippen LogP contribution in [0.3, 0.4) is 0 Å². The van der Waals surface area contributed by atoms with Crippen molar-refractivity contribution in [2.24, 2.45) is 5.92 Å². The fourth-order valence-corrected chi connectivity index (χ4v) is 8.73. The predicted molar refractivity (Wildman–Crippen MR) is 187 cm³/mol. The molecule has 50 heavy (non-hydrogen) atoms. The summed E-state index contributed by atoms with van der Waals surface area (Å²) < 4.78 is 35.8. The van der Waals surface area contributed by atoms with E-state index in [1.165, 1.54) is 28.3 Å². The van der Waals surface area contributed by atoms with E-state index in [-0.39, 0.29) is 54.2 Å². The number of carboxylic acid groups (broad SMARTS) is 1. The minimum Gasteiger partial charge on any atom is -0.491 e. The van der Waals surface area contributed by atoms with Gasteiger partial charge in [-0.2, -0.15) is 5.26 Å². The molecule has 1 N–H and O–H groups in total. The topological polar surface area (TPSA) is 137 Å². The molecule has 0 radical (unpaired) electrons. The number of pyridine rings is 2. The summed E-state index contributed by atoms with van der Waals surface area (Å²) in [6, 6.07) is 9.13. The zero-order chi connectivity index (χ0) is 35.5. The van der Waals surface area contributed by atoms with Gasteiger partial charge in [-0.3, -0.25) is 19.2 Å². The normalized spacial score (nSPS) is 18.9. The lowest BCUT2D eigenvalue weighted by molar-refractivity contribution is -0.0231. The number of rotatable bonds is 10. The predicted octanol–water partition coefficient (Wildman–Crippen LogP) is 6.23. The molecule has 11 nitrogen and oxygen atoms in total. The van der Waals surface area contributed by atoms with Gasteiger partial charge in [-0.25, -0.2) is 23.5 Å². The van der Waals surface area contributed by atoms with Crippen LogP contribution >= 0.6 is 22.9 Å². The monoisotopic (exact) mass is 719 g/mol. The van der Waals surface area contributed by atoms with E-state index in [2.05, 4.69) is 21.0 Å². The third kappa shape index (κ3) is 6.03. The first-order valence-electron chi connectivity index (χ1n) is 16.0. The van der Waals surface area contributed by atoms with Crippen LogP contribution in [-0.4, -0.2) is 80.2 Å². The SMILES string of the molecule is Cc1nc2cnc(N(C)C3C[C@H]4C[C@@H]3CN4CC(C)(F)F)c(C#N)c2c(=O)n1CCOc1ccc(Cl)cc1-c1ccnc2c(C(=O)O)csc12. The highest BCUT2D eigenvalue weighted by Gasteiger charge is 2.48. The van der Waals surface area contributed by atoms with E-state index in [0.29, 0.717) is 62.2 Å². The van der Waals surface area contributed by atoms with Crippen LogP contribution in [0.25, 0.3) is 32.2 Å². The summed E-state index contributed by atoms with van der Waals surface area (Å²) >= 11 is 7.64. The van der Waals surface area contributed by atoms with Crippen molar-refractivity contribution in [1.29, 1.82) is 5.26 Å². The van der Waals surface area contributed by atoms with Gasteiger partial charge in [0.1, 0.15) is 35.6 Å². The van der Waals surface area contributed by atoms with Gasteiger partial charge in [0.15, 0.2) is 0 Å². The van der Waals surface area contributed by atoms with Crippen molar-refractivity contribution in [3.63, 3.8) is 0 Å². The number of benzene rings is 1. The van der Waals surface area contributed by atoms with Gasteiger partial charge >= 0.3 is 5.97 Å². The Kier molecular flexibility index (Phi) is 8.70. The molecule has 1 aliphatic heterocycles. The summed E-state index contributed by atoms with van der Waals surface area (Å²) in [6.07, 6.45) is 4.51. The summed E-state index contributed by atoms with van der Waals surface area (Å²) in [5.41, 5.74) is 1.85. The summed E-state index contributed by atoms with van der Waals surface area (Å²) in [5.74, 6) is -2.43. The van der Waals surface area contributed by atoms with E-state index in [9.17, 15) is 28.7 Å². The Hall–Kier alpha value is -4.71. The zero-order valence-electron chi connectivity index (χ0n) is 27.4. The first kappa shape index (κ1) is 33.8. The molecule has 5 aromatic rings. The third-order valence-corrected chi connectivity index (χ3v) is 10.9. The molecule has 1 saturated carbocycles. The second kappa shape index (κ2) is 12.9. The van der Waals surface area contributed by atoms with E-state index >= 15 is 0 Å². The van der Waals surface area contributed by atoms with Gasteiger partial charge in [0.2, 0.25) is 0 Å². The number of carboxylic acids is 1. The number of hydrogen-bond acceptors (Lipinski definition) is 10. The highest BCUT2D eigenvalue weighted by Crippen LogP contribution is 2.43. The summed E-state index contributed by atoms with van der Waals surface area (Å²) in [6.45, 7) is 3.10. The van der Waals surface area contributed by atoms with Crippen LogP contribution in [-0.2, 0) is 6.54 Å². The first-order chi connectivity index (χ1) is 23.8. The maximum absolute atomic E-state index is 14.0. The number of carbonyl (C=O) groups is 1. The molecule has 5 heterocycles. The van der Waals surface area contributed by atoms with Crippen LogP contribution in [0.5, 0.6) is 5.75 Å². The molecule has 4 aromatic heterocycles. The molecule has 1 aromatic carbocycles. The van der Waals surface area contributed by atoms with E-state index in [0.717, 1.165) is 13.3 Å². The quantitative estimate of drug-likeness (QED) is 0.177. The fraction of sp³-hybridized carbons (Fsp3) is 0.371. The largest absolute Gasteiger partial charge is 0.491 e. The molecule has 7 rings (SSSR count). The fourth-order valence-electron chi connectivity index (χ4n) is 7.53. The molecule has 1 saturated heterocycles. The number of anilines is 1. The van der Waals surface area contributed by atoms with Crippen molar-refractivity contribution in [3.05, 3.63) is 74.4 Å². The van der Waals surface area contributed by atoms with Gasteiger partial charge < -0.3 is 14.7 Å². The van der Waals surface area contributed by atoms with E-state index in [1.54, 1.807) is 36.6 Å². The number of nitriles is 1. The Bertz CT molecular complexity index is 2270. The first-order valence-corrected chi connectivity index (χ1v) is 17.3. The number of alkyl halides is 2. The maximum atomic E-state index is 14.0. The lowest BCUT2D eigenvalue weighted by Gasteiger charge is -2.37. The van der Waals surface area contributed by atoms with Gasteiger partial charge in [-0.1, -0.05) is 11.6 Å². The average Bonchev–Trinajstić information content (AvgIpc) is 3.80. The lowest BCUT2D eigenvalue weighted by Crippen LogP contribution is -2.48. The number of thiophene rings is 1. The number of aryl methyl sites for hydroxylation is 1. The lowest BCUT2D eigenvalue weighted by atomic mass is 10.00. The maximum Gasteiger partial charge on any atom is 0.338 e. The van der Waals surface area contributed by atoms with Crippen LogP contribution in [0.4, 0.5) is 14.6 Å². The standard InChI is InChI=1S/C35H32ClF2N7O4S/c1-18-42-26-14-41-32(43(3)27-12-21-10-19(27)15-44(21)17-35(2,37)38)24(13-39)29(26)33(46)45(18)8-9-49-28-5-4-20(36)11-23(28)22-6-7-40-30-25(34(47)48)16-50-31(22)30/h4-7,11,14,16,19,21,27H,8-10,12,15,17H2,1-3H3,(H,47,48)/t19-,21-,27?/m1/s1. The van der Waals surface area contributed by atoms with Crippen molar-refractivity contribution in [2.45, 2.75) is 51.2 Å². The molecule has 258 valence electrons. The van der Waals surface area contributed by atoms with E-state index in [1.807, 2.05) is 16.8 Å². The minimum atomic E-state index is -2.77. The number of aromatic nitrogens is 4. The van der Waals surface area contributed by atoms with E-state index in [4.69, 9.17) is 16.3 Å². The minimum absolute atomic E-state index is 0.00657. The molecule has 0 amide bonds. The van der Waals surface area contributed by atoms with Crippen LogP contribution in [0, 0.1) is 24.2 Å². The number of aromatic carboxylic acids is 1. The van der Waals surface area contributed by atoms with Crippen LogP contribution < -0.4 is 15.2 Å². The number of nitrogens with zero attached hydrogens (tertiary/aromatic N) is 7. The van der Waals surface area contributed by atoms with Crippen molar-refractivity contribution in [3.8, 4) is 22.9 Å². The molecule has 3 atom stereocenters. The molecule has 0 spiro atoms. The highest BCUT2D eigenvalue weighted by molar-refractivity contribution is 7.18. The van der Waals surface area contributed by atoms with Crippen LogP contribution in [0.1, 0.15) is 41.5 Å². The van der Waals surface area contributed by atoms with Gasteiger partial charge in [0.25, 0.3) is 11.5 Å². The van der Waals surface area contributed by atoms with Gasteiger partial charge in [-0.05, 0) is 49.9 Å². The Morgan fingerprint density at radius 2 is 2.06 bits per heavy atom. The Labute approximate surface area is 294 Å². The van der Waals surface area contributed by atoms with Crippen LogP contribution in [0.2, 0.25) is 5.02 Å². The number of ether oxygens (including phenoxy) is 1. The molecular weight excluding hydrogens is 688 g/mol. The smallest absolute Gasteiger partial charge is 0.338 e. The van der Waals surface area contributed by atoms with Crippen molar-refractivity contribution >= 4 is 55.8 Å². The van der Waals surface area contributed by atoms with Gasteiger partial charge in [0.05, 0.1) is 46.0 Å². The molecular formula is C35H32ClF2N7O4S. The van der Waals surface area contributed by atoms with E-state index < -0.39 is 17.5 Å². The Morgan fingerprint density at radius 3 is 2.76 bits per heavy atom. The summed E-state index contributed by atoms with van der Waals surface area (Å²) in [4.78, 5) is 43.0. The highest BCUT2D eigenvalue weighted by atomic mass is 35.5. The zero-order valence-corrected chi connectivity index (χ0v) is 28.9. The molecule has 15 heteroatoms. The molecule has 2 bridgehead atoms. The Balaban J connectivity index is 1.15. The molecule has 1 aliphatic carbocycles. The van der Waals surface area contributed by atoms with Gasteiger partial charge in [-0.15, -0.1) is 11.3 Å². The summed E-state index contributed by atoms with van der Waals surface area (Å²) in [5, 5.41) is 22.1. The average molecular weight is 720 g/mol. The number of likely N-dealkylation sites (tertiary alicyclic amines) is 1. The number of fused-ring (bicyclic) bond motifs is 4. The number of piperidine rings is 1. The Morgan fingerprint density at radius 1 is 1.26 bits per heavy atom. The number of hydrogen-bond donors (Lipinski definition) is 1. The number of halogens is 3. The van der Waals surface area contributed by atoms with Crippen LogP contribution in [0.15, 0.2) is 46.8 Å². The second-order valence-electron chi connectivity index (χ2n) is 13.0. The third-order valence-electron chi connectivity index (χ3n) is 9.70. The van der Waals surface area contributed by atoms with Crippen molar-refractivity contribution in [1.82, 2.24) is 24.4 Å². The second-order valence-corrected chi connectivity index (χ2v) is 14.3. The molecule has 2 aliphatic rings.